The van der Waals surface area contributed by atoms with Gasteiger partial charge in [0, 0.05) is 13.1 Å². The van der Waals surface area contributed by atoms with Crippen LogP contribution in [0.3, 0.4) is 0 Å². The molecule has 1 aliphatic carbocycles. The molecule has 1 rings (SSSR count). The molecule has 1 aliphatic rings. The van der Waals surface area contributed by atoms with E-state index in [-0.39, 0.29) is 12.5 Å². The summed E-state index contributed by atoms with van der Waals surface area (Å²) in [6, 6.07) is -0.407. The van der Waals surface area contributed by atoms with Crippen LogP contribution in [0.2, 0.25) is 0 Å². The molecule has 0 bridgehead atoms. The Morgan fingerprint density at radius 3 is 2.62 bits per heavy atom. The van der Waals surface area contributed by atoms with E-state index < -0.39 is 6.04 Å². The number of nitrogens with two attached hydrogens (primary N) is 1. The van der Waals surface area contributed by atoms with Crippen LogP contribution in [0.1, 0.15) is 25.7 Å². The van der Waals surface area contributed by atoms with Gasteiger partial charge in [-0.2, -0.15) is 0 Å². The maximum Gasteiger partial charge on any atom is 0.241 e. The van der Waals surface area contributed by atoms with Crippen molar-refractivity contribution in [3.8, 4) is 0 Å². The summed E-state index contributed by atoms with van der Waals surface area (Å²) in [4.78, 5) is 13.2. The number of nitrogens with zero attached hydrogens (tertiary/aromatic N) is 1. The van der Waals surface area contributed by atoms with E-state index in [2.05, 4.69) is 0 Å². The van der Waals surface area contributed by atoms with Gasteiger partial charge in [-0.15, -0.1) is 0 Å². The van der Waals surface area contributed by atoms with Crippen LogP contribution in [0.15, 0.2) is 0 Å². The summed E-state index contributed by atoms with van der Waals surface area (Å²) in [5.74, 6) is -0.144. The highest BCUT2D eigenvalue weighted by Crippen LogP contribution is 2.22. The van der Waals surface area contributed by atoms with Crippen molar-refractivity contribution < 1.29 is 9.90 Å². The van der Waals surface area contributed by atoms with Gasteiger partial charge in [-0.25, -0.2) is 0 Å². The average molecular weight is 186 g/mol. The minimum Gasteiger partial charge on any atom is -0.394 e. The molecule has 1 fully saturated rings. The quantitative estimate of drug-likeness (QED) is 0.636. The lowest BCUT2D eigenvalue weighted by molar-refractivity contribution is -0.134. The first-order valence-corrected chi connectivity index (χ1v) is 4.80. The molecular formula is C9H18N2O2. The number of rotatable bonds is 3. The third-order valence-corrected chi connectivity index (χ3v) is 2.73. The van der Waals surface area contributed by atoms with Gasteiger partial charge in [0.25, 0.3) is 0 Å². The summed E-state index contributed by atoms with van der Waals surface area (Å²) in [5, 5.41) is 8.72. The molecule has 4 nitrogen and oxygen atoms in total. The molecule has 0 aromatic heterocycles. The first-order valence-electron chi connectivity index (χ1n) is 4.80. The predicted octanol–water partition coefficient (Wildman–Crippen LogP) is -0.293. The fourth-order valence-electron chi connectivity index (χ4n) is 1.81. The van der Waals surface area contributed by atoms with Gasteiger partial charge in [0.2, 0.25) is 5.91 Å². The molecule has 3 N–H and O–H groups in total. The maximum atomic E-state index is 11.5. The SMILES string of the molecule is CN(C(=O)C(N)CO)C1CCCC1. The number of carbonyl (C=O) groups is 1. The second kappa shape index (κ2) is 4.58. The summed E-state index contributed by atoms with van der Waals surface area (Å²) in [5.41, 5.74) is 5.44. The summed E-state index contributed by atoms with van der Waals surface area (Å²) >= 11 is 0. The van der Waals surface area contributed by atoms with E-state index in [0.717, 1.165) is 12.8 Å². The molecule has 1 unspecified atom stereocenters. The molecule has 1 saturated carbocycles. The van der Waals surface area contributed by atoms with Crippen molar-refractivity contribution >= 4 is 5.91 Å². The number of aliphatic hydroxyl groups is 1. The zero-order valence-corrected chi connectivity index (χ0v) is 8.07. The Morgan fingerprint density at radius 2 is 2.15 bits per heavy atom. The van der Waals surface area contributed by atoms with Crippen molar-refractivity contribution in [3.63, 3.8) is 0 Å². The average Bonchev–Trinajstić information content (AvgIpc) is 2.67. The third kappa shape index (κ3) is 2.42. The van der Waals surface area contributed by atoms with Crippen LogP contribution in [0, 0.1) is 0 Å². The first-order chi connectivity index (χ1) is 6.16. The maximum absolute atomic E-state index is 11.5. The molecular weight excluding hydrogens is 168 g/mol. The van der Waals surface area contributed by atoms with Crippen LogP contribution in [0.4, 0.5) is 0 Å². The van der Waals surface area contributed by atoms with Gasteiger partial charge in [0.15, 0.2) is 0 Å². The molecule has 0 aromatic rings. The van der Waals surface area contributed by atoms with Gasteiger partial charge in [-0.05, 0) is 12.8 Å². The normalized spacial score (nSPS) is 20.2. The van der Waals surface area contributed by atoms with Crippen molar-refractivity contribution in [2.75, 3.05) is 13.7 Å². The molecule has 1 amide bonds. The summed E-state index contributed by atoms with van der Waals surface area (Å²) in [7, 11) is 1.77. The zero-order chi connectivity index (χ0) is 9.84. The van der Waals surface area contributed by atoms with Gasteiger partial charge in [0.05, 0.1) is 6.61 Å². The third-order valence-electron chi connectivity index (χ3n) is 2.73. The second-order valence-electron chi connectivity index (χ2n) is 3.68. The fraction of sp³-hybridized carbons (Fsp3) is 0.889. The van der Waals surface area contributed by atoms with E-state index in [0.29, 0.717) is 6.04 Å². The van der Waals surface area contributed by atoms with Gasteiger partial charge in [-0.3, -0.25) is 4.79 Å². The van der Waals surface area contributed by atoms with Crippen molar-refractivity contribution in [1.29, 1.82) is 0 Å². The lowest BCUT2D eigenvalue weighted by Crippen LogP contribution is -2.47. The lowest BCUT2D eigenvalue weighted by Gasteiger charge is -2.26. The Morgan fingerprint density at radius 1 is 1.62 bits per heavy atom. The highest BCUT2D eigenvalue weighted by Gasteiger charge is 2.26. The van der Waals surface area contributed by atoms with Crippen LogP contribution in [0.25, 0.3) is 0 Å². The number of hydrogen-bond donors (Lipinski definition) is 2. The van der Waals surface area contributed by atoms with Crippen molar-refractivity contribution in [1.82, 2.24) is 4.90 Å². The number of amides is 1. The van der Waals surface area contributed by atoms with E-state index in [1.807, 2.05) is 0 Å². The van der Waals surface area contributed by atoms with E-state index in [4.69, 9.17) is 10.8 Å². The number of carbonyl (C=O) groups excluding carboxylic acids is 1. The smallest absolute Gasteiger partial charge is 0.241 e. The summed E-state index contributed by atoms with van der Waals surface area (Å²) in [6.07, 6.45) is 4.52. The van der Waals surface area contributed by atoms with Crippen molar-refractivity contribution in [3.05, 3.63) is 0 Å². The largest absolute Gasteiger partial charge is 0.394 e. The van der Waals surface area contributed by atoms with Crippen molar-refractivity contribution in [2.24, 2.45) is 5.73 Å². The monoisotopic (exact) mass is 186 g/mol. The molecule has 0 radical (unpaired) electrons. The van der Waals surface area contributed by atoms with Crippen molar-refractivity contribution in [2.45, 2.75) is 37.8 Å². The molecule has 0 saturated heterocycles. The first kappa shape index (κ1) is 10.5. The standard InChI is InChI=1S/C9H18N2O2/c1-11(7-4-2-3-5-7)9(13)8(10)6-12/h7-8,12H,2-6,10H2,1H3. The topological polar surface area (TPSA) is 66.6 Å². The summed E-state index contributed by atoms with van der Waals surface area (Å²) in [6.45, 7) is -0.268. The van der Waals surface area contributed by atoms with E-state index in [1.165, 1.54) is 12.8 Å². The number of likely N-dealkylation sites (N-methyl/N-ethyl adjacent to an activating group) is 1. The van der Waals surface area contributed by atoms with E-state index in [1.54, 1.807) is 11.9 Å². The lowest BCUT2D eigenvalue weighted by atomic mass is 10.2. The highest BCUT2D eigenvalue weighted by molar-refractivity contribution is 5.81. The Balaban J connectivity index is 2.45. The van der Waals surface area contributed by atoms with Crippen LogP contribution in [0.5, 0.6) is 0 Å². The van der Waals surface area contributed by atoms with Crippen LogP contribution in [-0.2, 0) is 4.79 Å². The van der Waals surface area contributed by atoms with E-state index in [9.17, 15) is 4.79 Å². The highest BCUT2D eigenvalue weighted by atomic mass is 16.3. The second-order valence-corrected chi connectivity index (χ2v) is 3.68. The van der Waals surface area contributed by atoms with E-state index >= 15 is 0 Å². The number of hydrogen-bond acceptors (Lipinski definition) is 3. The Bertz CT molecular complexity index is 178. The Labute approximate surface area is 78.7 Å². The zero-order valence-electron chi connectivity index (χ0n) is 8.07. The minimum absolute atomic E-state index is 0.144. The fourth-order valence-corrected chi connectivity index (χ4v) is 1.81. The molecule has 76 valence electrons. The molecule has 0 aliphatic heterocycles. The molecule has 0 aromatic carbocycles. The molecule has 13 heavy (non-hydrogen) atoms. The van der Waals surface area contributed by atoms with Crippen LogP contribution < -0.4 is 5.73 Å². The summed E-state index contributed by atoms with van der Waals surface area (Å²) < 4.78 is 0. The van der Waals surface area contributed by atoms with Gasteiger partial charge in [0.1, 0.15) is 6.04 Å². The molecule has 4 heteroatoms. The molecule has 0 heterocycles. The predicted molar refractivity (Wildman–Crippen MR) is 50.1 cm³/mol. The van der Waals surface area contributed by atoms with Crippen LogP contribution in [-0.4, -0.2) is 41.7 Å². The number of aliphatic hydroxyl groups excluding tert-OH is 1. The van der Waals surface area contributed by atoms with Gasteiger partial charge in [-0.1, -0.05) is 12.8 Å². The van der Waals surface area contributed by atoms with Gasteiger partial charge >= 0.3 is 0 Å². The molecule has 0 spiro atoms. The van der Waals surface area contributed by atoms with Gasteiger partial charge < -0.3 is 15.7 Å². The Kier molecular flexibility index (Phi) is 3.69. The molecule has 1 atom stereocenters. The Hall–Kier alpha value is -0.610. The minimum atomic E-state index is -0.745. The van der Waals surface area contributed by atoms with Crippen LogP contribution >= 0.6 is 0 Å².